The first-order valence-corrected chi connectivity index (χ1v) is 6.49. The fraction of sp³-hybridized carbons (Fsp3) is 0.429. The monoisotopic (exact) mass is 279 g/mol. The van der Waals surface area contributed by atoms with Crippen LogP contribution < -0.4 is 15.8 Å². The second-order valence-electron chi connectivity index (χ2n) is 4.41. The molecule has 20 heavy (non-hydrogen) atoms. The first-order chi connectivity index (χ1) is 9.60. The molecule has 0 aliphatic heterocycles. The van der Waals surface area contributed by atoms with Crippen LogP contribution in [0.15, 0.2) is 18.2 Å². The van der Waals surface area contributed by atoms with E-state index < -0.39 is 6.03 Å². The standard InChI is InChI=1S/C14H21N3O3/c1-11-5-3-6-13(12(11)2)20-9-16-14(19)17(10-18)8-4-7-15/h3,5-6,10H,4,7-9,15H2,1-2H3,(H,16,19). The number of hydrogen-bond acceptors (Lipinski definition) is 4. The molecule has 110 valence electrons. The summed E-state index contributed by atoms with van der Waals surface area (Å²) in [6.07, 6.45) is 1.06. The number of rotatable bonds is 7. The van der Waals surface area contributed by atoms with Crippen molar-refractivity contribution in [1.82, 2.24) is 10.2 Å². The predicted molar refractivity (Wildman–Crippen MR) is 76.4 cm³/mol. The minimum atomic E-state index is -0.487. The number of benzene rings is 1. The van der Waals surface area contributed by atoms with Gasteiger partial charge in [-0.05, 0) is 44.0 Å². The largest absolute Gasteiger partial charge is 0.473 e. The number of imide groups is 1. The molecule has 6 heteroatoms. The van der Waals surface area contributed by atoms with Gasteiger partial charge < -0.3 is 15.8 Å². The molecule has 0 saturated carbocycles. The SMILES string of the molecule is Cc1cccc(OCNC(=O)N(C=O)CCCN)c1C. The zero-order chi connectivity index (χ0) is 15.0. The summed E-state index contributed by atoms with van der Waals surface area (Å²) >= 11 is 0. The Hall–Kier alpha value is -2.08. The van der Waals surface area contributed by atoms with Crippen molar-refractivity contribution in [1.29, 1.82) is 0 Å². The molecule has 1 aromatic rings. The zero-order valence-electron chi connectivity index (χ0n) is 11.9. The molecule has 0 radical (unpaired) electrons. The van der Waals surface area contributed by atoms with Gasteiger partial charge in [-0.2, -0.15) is 0 Å². The van der Waals surface area contributed by atoms with Gasteiger partial charge in [0.15, 0.2) is 6.73 Å². The quantitative estimate of drug-likeness (QED) is 0.579. The lowest BCUT2D eigenvalue weighted by Gasteiger charge is -2.17. The van der Waals surface area contributed by atoms with Gasteiger partial charge in [0.1, 0.15) is 5.75 Å². The van der Waals surface area contributed by atoms with E-state index in [1.165, 1.54) is 0 Å². The van der Waals surface area contributed by atoms with Crippen molar-refractivity contribution in [3.05, 3.63) is 29.3 Å². The van der Waals surface area contributed by atoms with E-state index in [-0.39, 0.29) is 6.73 Å². The van der Waals surface area contributed by atoms with Crippen molar-refractivity contribution in [2.24, 2.45) is 5.73 Å². The van der Waals surface area contributed by atoms with Crippen molar-refractivity contribution in [3.63, 3.8) is 0 Å². The summed E-state index contributed by atoms with van der Waals surface area (Å²) < 4.78 is 5.49. The van der Waals surface area contributed by atoms with Crippen LogP contribution in [0, 0.1) is 13.8 Å². The zero-order valence-corrected chi connectivity index (χ0v) is 11.9. The lowest BCUT2D eigenvalue weighted by molar-refractivity contribution is -0.115. The minimum Gasteiger partial charge on any atom is -0.473 e. The molecule has 3 N–H and O–H groups in total. The number of aryl methyl sites for hydroxylation is 1. The smallest absolute Gasteiger partial charge is 0.326 e. The van der Waals surface area contributed by atoms with Crippen LogP contribution in [0.1, 0.15) is 17.5 Å². The molecule has 0 aliphatic carbocycles. The number of nitrogens with zero attached hydrogens (tertiary/aromatic N) is 1. The summed E-state index contributed by atoms with van der Waals surface area (Å²) in [5, 5.41) is 2.53. The van der Waals surface area contributed by atoms with Gasteiger partial charge in [0.2, 0.25) is 6.41 Å². The van der Waals surface area contributed by atoms with Crippen LogP contribution >= 0.6 is 0 Å². The van der Waals surface area contributed by atoms with Crippen LogP contribution in [-0.4, -0.2) is 37.2 Å². The number of nitrogens with two attached hydrogens (primary N) is 1. The van der Waals surface area contributed by atoms with Gasteiger partial charge in [-0.15, -0.1) is 0 Å². The van der Waals surface area contributed by atoms with Gasteiger partial charge in [-0.25, -0.2) is 4.79 Å². The Kier molecular flexibility index (Phi) is 6.52. The van der Waals surface area contributed by atoms with Gasteiger partial charge in [0.05, 0.1) is 0 Å². The maximum atomic E-state index is 11.7. The lowest BCUT2D eigenvalue weighted by atomic mass is 10.1. The van der Waals surface area contributed by atoms with Crippen molar-refractivity contribution < 1.29 is 14.3 Å². The van der Waals surface area contributed by atoms with Crippen LogP contribution in [0.3, 0.4) is 0 Å². The summed E-state index contributed by atoms with van der Waals surface area (Å²) in [6.45, 7) is 4.68. The Labute approximate surface area is 118 Å². The molecule has 1 aromatic carbocycles. The number of carbonyl (C=O) groups is 2. The third kappa shape index (κ3) is 4.55. The molecule has 0 unspecified atom stereocenters. The fourth-order valence-corrected chi connectivity index (χ4v) is 1.62. The maximum Gasteiger partial charge on any atom is 0.326 e. The highest BCUT2D eigenvalue weighted by Gasteiger charge is 2.11. The second kappa shape index (κ2) is 8.16. The highest BCUT2D eigenvalue weighted by atomic mass is 16.5. The Balaban J connectivity index is 2.45. The number of ether oxygens (including phenoxy) is 1. The summed E-state index contributed by atoms with van der Waals surface area (Å²) in [6, 6.07) is 5.22. The van der Waals surface area contributed by atoms with Gasteiger partial charge >= 0.3 is 6.03 Å². The Bertz CT molecular complexity index is 463. The van der Waals surface area contributed by atoms with Crippen molar-refractivity contribution >= 4 is 12.4 Å². The average molecular weight is 279 g/mol. The third-order valence-corrected chi connectivity index (χ3v) is 3.00. The summed E-state index contributed by atoms with van der Waals surface area (Å²) in [4.78, 5) is 23.5. The van der Waals surface area contributed by atoms with Crippen LogP contribution in [0.25, 0.3) is 0 Å². The van der Waals surface area contributed by atoms with Crippen LogP contribution in [0.2, 0.25) is 0 Å². The second-order valence-corrected chi connectivity index (χ2v) is 4.41. The van der Waals surface area contributed by atoms with Gasteiger partial charge in [-0.1, -0.05) is 12.1 Å². The Morgan fingerprint density at radius 2 is 2.20 bits per heavy atom. The highest BCUT2D eigenvalue weighted by Crippen LogP contribution is 2.19. The Morgan fingerprint density at radius 1 is 1.45 bits per heavy atom. The van der Waals surface area contributed by atoms with E-state index in [1.807, 2.05) is 32.0 Å². The van der Waals surface area contributed by atoms with E-state index in [9.17, 15) is 9.59 Å². The molecule has 0 fully saturated rings. The summed E-state index contributed by atoms with van der Waals surface area (Å²) in [5.41, 5.74) is 7.48. The fourth-order valence-electron chi connectivity index (χ4n) is 1.62. The van der Waals surface area contributed by atoms with Gasteiger partial charge in [-0.3, -0.25) is 9.69 Å². The number of amides is 3. The minimum absolute atomic E-state index is 0.0100. The maximum absolute atomic E-state index is 11.7. The van der Waals surface area contributed by atoms with E-state index >= 15 is 0 Å². The molecular formula is C14H21N3O3. The molecule has 6 nitrogen and oxygen atoms in total. The van der Waals surface area contributed by atoms with Gasteiger partial charge in [0.25, 0.3) is 0 Å². The topological polar surface area (TPSA) is 84.7 Å². The predicted octanol–water partition coefficient (Wildman–Crippen LogP) is 1.16. The molecule has 0 aliphatic rings. The molecule has 1 rings (SSSR count). The Morgan fingerprint density at radius 3 is 2.85 bits per heavy atom. The van der Waals surface area contributed by atoms with Crippen LogP contribution in [0.4, 0.5) is 4.79 Å². The number of hydrogen-bond donors (Lipinski definition) is 2. The highest BCUT2D eigenvalue weighted by molar-refractivity contribution is 5.84. The molecule has 0 saturated heterocycles. The van der Waals surface area contributed by atoms with Crippen molar-refractivity contribution in [2.75, 3.05) is 19.8 Å². The number of nitrogens with one attached hydrogen (secondary N) is 1. The van der Waals surface area contributed by atoms with Crippen LogP contribution in [-0.2, 0) is 4.79 Å². The first kappa shape index (κ1) is 16.0. The van der Waals surface area contributed by atoms with Gasteiger partial charge in [0, 0.05) is 6.54 Å². The lowest BCUT2D eigenvalue weighted by Crippen LogP contribution is -2.41. The van der Waals surface area contributed by atoms with E-state index in [0.717, 1.165) is 16.0 Å². The number of urea groups is 1. The molecule has 0 bridgehead atoms. The first-order valence-electron chi connectivity index (χ1n) is 6.49. The van der Waals surface area contributed by atoms with Crippen molar-refractivity contribution in [2.45, 2.75) is 20.3 Å². The molecular weight excluding hydrogens is 258 g/mol. The molecule has 3 amide bonds. The van der Waals surface area contributed by atoms with Crippen molar-refractivity contribution in [3.8, 4) is 5.75 Å². The summed E-state index contributed by atoms with van der Waals surface area (Å²) in [7, 11) is 0. The van der Waals surface area contributed by atoms with Crippen LogP contribution in [0.5, 0.6) is 5.75 Å². The third-order valence-electron chi connectivity index (χ3n) is 3.00. The molecule has 0 aromatic heterocycles. The molecule has 0 atom stereocenters. The molecule has 0 spiro atoms. The van der Waals surface area contributed by atoms with E-state index in [0.29, 0.717) is 31.7 Å². The normalized spacial score (nSPS) is 9.95. The number of carbonyl (C=O) groups excluding carboxylic acids is 2. The van der Waals surface area contributed by atoms with E-state index in [2.05, 4.69) is 5.32 Å². The molecule has 0 heterocycles. The van der Waals surface area contributed by atoms with E-state index in [4.69, 9.17) is 10.5 Å². The summed E-state index contributed by atoms with van der Waals surface area (Å²) in [5.74, 6) is 0.713. The average Bonchev–Trinajstić information content (AvgIpc) is 2.44. The van der Waals surface area contributed by atoms with E-state index in [1.54, 1.807) is 0 Å².